The molecule has 3 aliphatic rings. The quantitative estimate of drug-likeness (QED) is 0.594. The van der Waals surface area contributed by atoms with E-state index in [-0.39, 0.29) is 24.4 Å². The Balaban J connectivity index is 1.37. The highest BCUT2D eigenvalue weighted by Gasteiger charge is 2.48. The number of benzene rings is 2. The van der Waals surface area contributed by atoms with Crippen LogP contribution in [0.1, 0.15) is 22.9 Å². The van der Waals surface area contributed by atoms with Gasteiger partial charge in [0.1, 0.15) is 25.7 Å². The van der Waals surface area contributed by atoms with Crippen LogP contribution in [0.4, 0.5) is 0 Å². The third-order valence-electron chi connectivity index (χ3n) is 7.46. The highest BCUT2D eigenvalue weighted by molar-refractivity contribution is 6.30. The van der Waals surface area contributed by atoms with E-state index in [0.717, 1.165) is 60.6 Å². The highest BCUT2D eigenvalue weighted by atomic mass is 35.5. The molecule has 6 rings (SSSR count). The minimum Gasteiger partial charge on any atom is -0.370 e. The number of nitrogens with zero attached hydrogens (tertiary/aromatic N) is 2. The molecule has 3 aliphatic heterocycles. The molecule has 2 atom stereocenters. The molecule has 0 saturated carbocycles. The number of aromatic amines is 1. The van der Waals surface area contributed by atoms with Crippen molar-refractivity contribution >= 4 is 34.3 Å². The lowest BCUT2D eigenvalue weighted by atomic mass is 9.86. The topological polar surface area (TPSA) is 70.1 Å². The SMILES string of the molecule is O=C1[C@H]2Cc3c([nH]c4ccccc34)[C@H](c3ccc(Cl)cc3)N2C(=O)CN1CC[NH+]1CCOCC1. The standard InChI is InChI=1S/C26H27ClN4O3/c27-18-7-5-17(6-8-18)25-24-20(19-3-1-2-4-21(19)28-24)15-22-26(33)30(16-23(32)31(22)25)10-9-29-11-13-34-14-12-29/h1-8,22,25,28H,9-16H2/p+1/t22-,25+/m1/s1. The summed E-state index contributed by atoms with van der Waals surface area (Å²) in [7, 11) is 0. The van der Waals surface area contributed by atoms with Gasteiger partial charge >= 0.3 is 0 Å². The lowest BCUT2D eigenvalue weighted by Crippen LogP contribution is -3.14. The van der Waals surface area contributed by atoms with Crippen LogP contribution in [0, 0.1) is 0 Å². The molecule has 0 spiro atoms. The van der Waals surface area contributed by atoms with Gasteiger partial charge in [0.25, 0.3) is 0 Å². The minimum absolute atomic E-state index is 0.00849. The maximum absolute atomic E-state index is 13.7. The molecule has 0 unspecified atom stereocenters. The van der Waals surface area contributed by atoms with Gasteiger partial charge < -0.3 is 24.4 Å². The molecule has 8 heteroatoms. The Morgan fingerprint density at radius 3 is 2.62 bits per heavy atom. The number of aromatic nitrogens is 1. The van der Waals surface area contributed by atoms with E-state index in [1.165, 1.54) is 4.90 Å². The number of carbonyl (C=O) groups excluding carboxylic acids is 2. The van der Waals surface area contributed by atoms with Gasteiger partial charge in [0.15, 0.2) is 0 Å². The van der Waals surface area contributed by atoms with E-state index in [1.54, 1.807) is 9.80 Å². The molecule has 0 bridgehead atoms. The summed E-state index contributed by atoms with van der Waals surface area (Å²) in [6.07, 6.45) is 0.523. The minimum atomic E-state index is -0.506. The molecule has 176 valence electrons. The van der Waals surface area contributed by atoms with Crippen LogP contribution in [-0.4, -0.2) is 78.6 Å². The lowest BCUT2D eigenvalue weighted by Gasteiger charge is -2.47. The second-order valence-corrected chi connectivity index (χ2v) is 9.85. The van der Waals surface area contributed by atoms with Crippen molar-refractivity contribution in [2.75, 3.05) is 45.9 Å². The number of quaternary nitrogens is 1. The zero-order valence-corrected chi connectivity index (χ0v) is 19.7. The largest absolute Gasteiger partial charge is 0.370 e. The molecule has 2 aromatic carbocycles. The maximum Gasteiger partial charge on any atom is 0.246 e. The first kappa shape index (κ1) is 21.6. The highest BCUT2D eigenvalue weighted by Crippen LogP contribution is 2.42. The molecule has 0 aliphatic carbocycles. The van der Waals surface area contributed by atoms with Crippen LogP contribution in [0.25, 0.3) is 10.9 Å². The summed E-state index contributed by atoms with van der Waals surface area (Å²) in [5.74, 6) is 0.0352. The zero-order valence-electron chi connectivity index (χ0n) is 18.9. The predicted molar refractivity (Wildman–Crippen MR) is 129 cm³/mol. The molecule has 2 saturated heterocycles. The first-order chi connectivity index (χ1) is 16.6. The van der Waals surface area contributed by atoms with Crippen molar-refractivity contribution in [3.8, 4) is 0 Å². The van der Waals surface area contributed by atoms with Crippen LogP contribution < -0.4 is 4.90 Å². The fourth-order valence-corrected chi connectivity index (χ4v) is 5.83. The maximum atomic E-state index is 13.7. The summed E-state index contributed by atoms with van der Waals surface area (Å²) in [5.41, 5.74) is 4.10. The van der Waals surface area contributed by atoms with E-state index in [4.69, 9.17) is 16.3 Å². The average Bonchev–Trinajstić information content (AvgIpc) is 3.24. The monoisotopic (exact) mass is 479 g/mol. The summed E-state index contributed by atoms with van der Waals surface area (Å²) < 4.78 is 5.45. The number of H-pyrrole nitrogens is 1. The molecule has 2 amide bonds. The summed E-state index contributed by atoms with van der Waals surface area (Å²) in [6.45, 7) is 4.96. The molecule has 34 heavy (non-hydrogen) atoms. The number of hydrogen-bond acceptors (Lipinski definition) is 3. The summed E-state index contributed by atoms with van der Waals surface area (Å²) in [6, 6.07) is 14.9. The van der Waals surface area contributed by atoms with Crippen LogP contribution in [0.3, 0.4) is 0 Å². The Hall–Kier alpha value is -2.87. The predicted octanol–water partition coefficient (Wildman–Crippen LogP) is 1.42. The number of ether oxygens (including phenoxy) is 1. The first-order valence-electron chi connectivity index (χ1n) is 12.0. The fraction of sp³-hybridized carbons (Fsp3) is 0.385. The van der Waals surface area contributed by atoms with Crippen LogP contribution in [0.2, 0.25) is 5.02 Å². The van der Waals surface area contributed by atoms with Crippen LogP contribution in [0.5, 0.6) is 0 Å². The molecule has 3 aromatic rings. The van der Waals surface area contributed by atoms with Crippen molar-refractivity contribution < 1.29 is 19.2 Å². The normalized spacial score (nSPS) is 23.3. The first-order valence-corrected chi connectivity index (χ1v) is 12.3. The number of carbonyl (C=O) groups is 2. The van der Waals surface area contributed by atoms with E-state index >= 15 is 0 Å². The summed E-state index contributed by atoms with van der Waals surface area (Å²) in [5, 5.41) is 1.76. The van der Waals surface area contributed by atoms with Gasteiger partial charge in [0.05, 0.1) is 32.3 Å². The van der Waals surface area contributed by atoms with Gasteiger partial charge in [-0.15, -0.1) is 0 Å². The molecule has 0 radical (unpaired) electrons. The van der Waals surface area contributed by atoms with Crippen molar-refractivity contribution in [2.24, 2.45) is 0 Å². The molecular weight excluding hydrogens is 452 g/mol. The molecule has 1 aromatic heterocycles. The second kappa shape index (κ2) is 8.73. The lowest BCUT2D eigenvalue weighted by molar-refractivity contribution is -0.907. The number of halogens is 1. The van der Waals surface area contributed by atoms with Crippen molar-refractivity contribution in [3.05, 3.63) is 70.4 Å². The number of morpholine rings is 1. The van der Waals surface area contributed by atoms with E-state index in [2.05, 4.69) is 11.1 Å². The molecule has 2 fully saturated rings. The second-order valence-electron chi connectivity index (χ2n) is 9.41. The van der Waals surface area contributed by atoms with Crippen LogP contribution >= 0.6 is 11.6 Å². The number of para-hydroxylation sites is 1. The molecular formula is C26H28ClN4O3+. The number of nitrogens with one attached hydrogen (secondary N) is 2. The van der Waals surface area contributed by atoms with Crippen molar-refractivity contribution in [2.45, 2.75) is 18.5 Å². The molecule has 2 N–H and O–H groups in total. The average molecular weight is 480 g/mol. The van der Waals surface area contributed by atoms with Gasteiger partial charge in [-0.05, 0) is 29.3 Å². The van der Waals surface area contributed by atoms with Gasteiger partial charge in [0.2, 0.25) is 11.8 Å². The summed E-state index contributed by atoms with van der Waals surface area (Å²) >= 11 is 6.16. The Morgan fingerprint density at radius 1 is 1.06 bits per heavy atom. The van der Waals surface area contributed by atoms with Gasteiger partial charge in [0, 0.05) is 28.0 Å². The van der Waals surface area contributed by atoms with E-state index in [9.17, 15) is 9.59 Å². The van der Waals surface area contributed by atoms with Gasteiger partial charge in [-0.25, -0.2) is 0 Å². The smallest absolute Gasteiger partial charge is 0.246 e. The van der Waals surface area contributed by atoms with Crippen molar-refractivity contribution in [1.29, 1.82) is 0 Å². The number of hydrogen-bond donors (Lipinski definition) is 2. The zero-order chi connectivity index (χ0) is 23.2. The Morgan fingerprint density at radius 2 is 1.82 bits per heavy atom. The van der Waals surface area contributed by atoms with Crippen LogP contribution in [0.15, 0.2) is 48.5 Å². The third-order valence-corrected chi connectivity index (χ3v) is 7.72. The van der Waals surface area contributed by atoms with Gasteiger partial charge in [-0.3, -0.25) is 9.59 Å². The molecule has 7 nitrogen and oxygen atoms in total. The fourth-order valence-electron chi connectivity index (χ4n) is 5.71. The van der Waals surface area contributed by atoms with E-state index in [1.807, 2.05) is 42.5 Å². The Labute approximate surface area is 203 Å². The Bertz CT molecular complexity index is 1230. The molecule has 4 heterocycles. The Kier molecular flexibility index (Phi) is 5.56. The van der Waals surface area contributed by atoms with Crippen LogP contribution in [-0.2, 0) is 20.7 Å². The number of rotatable bonds is 4. The summed E-state index contributed by atoms with van der Waals surface area (Å²) in [4.78, 5) is 35.9. The number of amides is 2. The van der Waals surface area contributed by atoms with E-state index in [0.29, 0.717) is 18.0 Å². The third kappa shape index (κ3) is 3.68. The van der Waals surface area contributed by atoms with Crippen molar-refractivity contribution in [1.82, 2.24) is 14.8 Å². The van der Waals surface area contributed by atoms with Crippen molar-refractivity contribution in [3.63, 3.8) is 0 Å². The van der Waals surface area contributed by atoms with Gasteiger partial charge in [-0.1, -0.05) is 41.9 Å². The number of fused-ring (bicyclic) bond motifs is 4. The van der Waals surface area contributed by atoms with Gasteiger partial charge in [-0.2, -0.15) is 0 Å². The number of piperazine rings is 1. The van der Waals surface area contributed by atoms with E-state index < -0.39 is 6.04 Å².